The minimum atomic E-state index is -3.19. The average molecular weight is 497 g/mol. The molecule has 1 aliphatic heterocycles. The van der Waals surface area contributed by atoms with Gasteiger partial charge >= 0.3 is 0 Å². The lowest BCUT2D eigenvalue weighted by molar-refractivity contribution is 0.319. The van der Waals surface area contributed by atoms with Crippen LogP contribution in [0, 0.1) is 11.6 Å². The molecule has 9 heteroatoms. The molecule has 3 heterocycles. The van der Waals surface area contributed by atoms with Crippen LogP contribution in [0.2, 0.25) is 0 Å². The largest absolute Gasteiger partial charge is 0.381 e. The number of nitrogens with one attached hydrogen (secondary N) is 2. The van der Waals surface area contributed by atoms with E-state index in [1.807, 2.05) is 12.1 Å². The van der Waals surface area contributed by atoms with E-state index in [1.165, 1.54) is 28.8 Å². The highest BCUT2D eigenvalue weighted by molar-refractivity contribution is 7.88. The molecule has 1 fully saturated rings. The average Bonchev–Trinajstić information content (AvgIpc) is 3.28. The van der Waals surface area contributed by atoms with Gasteiger partial charge in [0.25, 0.3) is 0 Å². The number of hydrogen-bond donors (Lipinski definition) is 2. The molecule has 0 radical (unpaired) electrons. The Labute approximate surface area is 203 Å². The maximum absolute atomic E-state index is 14.9. The van der Waals surface area contributed by atoms with Gasteiger partial charge in [0, 0.05) is 54.1 Å². The molecule has 0 bridgehead atoms. The summed E-state index contributed by atoms with van der Waals surface area (Å²) in [5.74, 6) is -0.467. The van der Waals surface area contributed by atoms with Gasteiger partial charge in [0.15, 0.2) is 0 Å². The molecular formula is C26H26F2N4O2S. The summed E-state index contributed by atoms with van der Waals surface area (Å²) in [7, 11) is -3.19. The quantitative estimate of drug-likeness (QED) is 0.382. The molecule has 4 aromatic rings. The SMILES string of the molecule is CS(=O)(=O)N1CCC(c2cc3c(-c4cc(NCc5cccc(F)c5)ccc4F)ccnc3[nH]2)CC1. The number of fused-ring (bicyclic) bond motifs is 1. The van der Waals surface area contributed by atoms with E-state index in [-0.39, 0.29) is 17.6 Å². The zero-order valence-electron chi connectivity index (χ0n) is 19.3. The van der Waals surface area contributed by atoms with Gasteiger partial charge in [0.05, 0.1) is 6.26 Å². The number of hydrogen-bond acceptors (Lipinski definition) is 4. The second-order valence-corrected chi connectivity index (χ2v) is 10.9. The molecule has 182 valence electrons. The second-order valence-electron chi connectivity index (χ2n) is 8.96. The Morgan fingerprint density at radius 2 is 1.86 bits per heavy atom. The van der Waals surface area contributed by atoms with E-state index in [0.29, 0.717) is 43.7 Å². The van der Waals surface area contributed by atoms with Crippen LogP contribution in [0.3, 0.4) is 0 Å². The van der Waals surface area contributed by atoms with Gasteiger partial charge in [-0.15, -0.1) is 0 Å². The number of halogens is 2. The predicted octanol–water partition coefficient (Wildman–Crippen LogP) is 5.26. The smallest absolute Gasteiger partial charge is 0.211 e. The van der Waals surface area contributed by atoms with Crippen molar-refractivity contribution < 1.29 is 17.2 Å². The van der Waals surface area contributed by atoms with E-state index >= 15 is 0 Å². The minimum absolute atomic E-state index is 0.180. The highest BCUT2D eigenvalue weighted by Gasteiger charge is 2.27. The van der Waals surface area contributed by atoms with Crippen LogP contribution in [0.25, 0.3) is 22.2 Å². The summed E-state index contributed by atoms with van der Waals surface area (Å²) in [6, 6.07) is 15.0. The van der Waals surface area contributed by atoms with Crippen molar-refractivity contribution in [1.29, 1.82) is 0 Å². The number of benzene rings is 2. The molecule has 6 nitrogen and oxygen atoms in total. The number of nitrogens with zero attached hydrogens (tertiary/aromatic N) is 2. The van der Waals surface area contributed by atoms with Crippen molar-refractivity contribution in [3.8, 4) is 11.1 Å². The third-order valence-corrected chi connectivity index (χ3v) is 7.86. The Morgan fingerprint density at radius 3 is 2.60 bits per heavy atom. The molecule has 0 saturated carbocycles. The lowest BCUT2D eigenvalue weighted by atomic mass is 9.94. The number of anilines is 1. The Kier molecular flexibility index (Phi) is 6.29. The number of rotatable bonds is 6. The summed E-state index contributed by atoms with van der Waals surface area (Å²) in [5.41, 5.74) is 4.32. The Morgan fingerprint density at radius 1 is 1.06 bits per heavy atom. The summed E-state index contributed by atoms with van der Waals surface area (Å²) in [5, 5.41) is 4.05. The molecule has 1 aliphatic rings. The first-order valence-corrected chi connectivity index (χ1v) is 13.3. The normalized spacial score (nSPS) is 15.5. The van der Waals surface area contributed by atoms with Gasteiger partial charge in [-0.05, 0) is 66.4 Å². The van der Waals surface area contributed by atoms with Crippen molar-refractivity contribution in [2.24, 2.45) is 0 Å². The third kappa shape index (κ3) is 5.06. The number of aromatic amines is 1. The van der Waals surface area contributed by atoms with Gasteiger partial charge in [-0.1, -0.05) is 12.1 Å². The number of pyridine rings is 1. The first-order chi connectivity index (χ1) is 16.8. The summed E-state index contributed by atoms with van der Waals surface area (Å²) in [6.45, 7) is 1.37. The lowest BCUT2D eigenvalue weighted by Gasteiger charge is -2.29. The van der Waals surface area contributed by atoms with Gasteiger partial charge in [0.2, 0.25) is 10.0 Å². The van der Waals surface area contributed by atoms with Crippen LogP contribution >= 0.6 is 0 Å². The van der Waals surface area contributed by atoms with E-state index in [1.54, 1.807) is 30.5 Å². The fourth-order valence-electron chi connectivity index (χ4n) is 4.69. The summed E-state index contributed by atoms with van der Waals surface area (Å²) in [6.07, 6.45) is 4.31. The summed E-state index contributed by atoms with van der Waals surface area (Å²) < 4.78 is 53.6. The topological polar surface area (TPSA) is 78.1 Å². The lowest BCUT2D eigenvalue weighted by Crippen LogP contribution is -2.37. The molecule has 2 N–H and O–H groups in total. The second kappa shape index (κ2) is 9.39. The van der Waals surface area contributed by atoms with Gasteiger partial charge in [-0.3, -0.25) is 0 Å². The van der Waals surface area contributed by atoms with Gasteiger partial charge in [0.1, 0.15) is 17.3 Å². The summed E-state index contributed by atoms with van der Waals surface area (Å²) >= 11 is 0. The Hall–Kier alpha value is -3.30. The highest BCUT2D eigenvalue weighted by atomic mass is 32.2. The molecular weight excluding hydrogens is 470 g/mol. The van der Waals surface area contributed by atoms with Crippen LogP contribution in [0.5, 0.6) is 0 Å². The van der Waals surface area contributed by atoms with E-state index in [0.717, 1.165) is 27.9 Å². The van der Waals surface area contributed by atoms with Crippen molar-refractivity contribution in [3.63, 3.8) is 0 Å². The number of H-pyrrole nitrogens is 1. The number of piperidine rings is 1. The standard InChI is InChI=1S/C26H26F2N4O2S/c1-35(33,34)32-11-8-18(9-12-32)25-15-23-21(7-10-29-26(23)31-25)22-14-20(5-6-24(22)28)30-16-17-3-2-4-19(27)13-17/h2-7,10,13-15,18,30H,8-9,11-12,16H2,1H3,(H,29,31). The molecule has 5 rings (SSSR count). The van der Waals surface area contributed by atoms with E-state index in [9.17, 15) is 17.2 Å². The van der Waals surface area contributed by atoms with Crippen molar-refractivity contribution in [2.75, 3.05) is 24.7 Å². The van der Waals surface area contributed by atoms with Crippen LogP contribution in [0.4, 0.5) is 14.5 Å². The monoisotopic (exact) mass is 496 g/mol. The van der Waals surface area contributed by atoms with Gasteiger partial charge in [-0.25, -0.2) is 26.5 Å². The van der Waals surface area contributed by atoms with Gasteiger partial charge < -0.3 is 10.3 Å². The van der Waals surface area contributed by atoms with E-state index < -0.39 is 10.0 Å². The molecule has 0 amide bonds. The molecule has 0 spiro atoms. The van der Waals surface area contributed by atoms with Crippen LogP contribution in [-0.2, 0) is 16.6 Å². The van der Waals surface area contributed by atoms with Crippen LogP contribution in [0.15, 0.2) is 60.8 Å². The van der Waals surface area contributed by atoms with Gasteiger partial charge in [-0.2, -0.15) is 0 Å². The maximum atomic E-state index is 14.9. The molecule has 0 unspecified atom stereocenters. The third-order valence-electron chi connectivity index (χ3n) is 6.56. The first-order valence-electron chi connectivity index (χ1n) is 11.5. The molecule has 0 atom stereocenters. The van der Waals surface area contributed by atoms with Crippen molar-refractivity contribution >= 4 is 26.7 Å². The van der Waals surface area contributed by atoms with E-state index in [2.05, 4.69) is 15.3 Å². The molecule has 1 saturated heterocycles. The van der Waals surface area contributed by atoms with Crippen LogP contribution in [0.1, 0.15) is 30.0 Å². The predicted molar refractivity (Wildman–Crippen MR) is 134 cm³/mol. The minimum Gasteiger partial charge on any atom is -0.381 e. The molecule has 2 aromatic heterocycles. The fraction of sp³-hybridized carbons (Fsp3) is 0.269. The van der Waals surface area contributed by atoms with E-state index in [4.69, 9.17) is 0 Å². The van der Waals surface area contributed by atoms with Crippen LogP contribution in [-0.4, -0.2) is 42.0 Å². The highest BCUT2D eigenvalue weighted by Crippen LogP contribution is 2.35. The first kappa shape index (κ1) is 23.4. The zero-order chi connectivity index (χ0) is 24.6. The van der Waals surface area contributed by atoms with Crippen molar-refractivity contribution in [3.05, 3.63) is 83.7 Å². The van der Waals surface area contributed by atoms with Crippen molar-refractivity contribution in [1.82, 2.24) is 14.3 Å². The number of sulfonamides is 1. The maximum Gasteiger partial charge on any atom is 0.211 e. The molecule has 35 heavy (non-hydrogen) atoms. The van der Waals surface area contributed by atoms with Crippen molar-refractivity contribution in [2.45, 2.75) is 25.3 Å². The van der Waals surface area contributed by atoms with Crippen LogP contribution < -0.4 is 5.32 Å². The molecule has 2 aromatic carbocycles. The fourth-order valence-corrected chi connectivity index (χ4v) is 5.57. The number of aromatic nitrogens is 2. The Bertz CT molecular complexity index is 1480. The zero-order valence-corrected chi connectivity index (χ0v) is 20.1. The Balaban J connectivity index is 1.41. The molecule has 0 aliphatic carbocycles. The summed E-state index contributed by atoms with van der Waals surface area (Å²) in [4.78, 5) is 7.80.